The van der Waals surface area contributed by atoms with Gasteiger partial charge in [-0.3, -0.25) is 0 Å². The number of hydrogen-bond acceptors (Lipinski definition) is 2. The van der Waals surface area contributed by atoms with Gasteiger partial charge in [0.2, 0.25) is 0 Å². The van der Waals surface area contributed by atoms with Crippen molar-refractivity contribution >= 4 is 0 Å². The molecule has 35 heavy (non-hydrogen) atoms. The average Bonchev–Trinajstić information content (AvgIpc) is 2.89. The number of benzene rings is 2. The van der Waals surface area contributed by atoms with Gasteiger partial charge in [-0.05, 0) is 74.2 Å². The van der Waals surface area contributed by atoms with Gasteiger partial charge in [-0.15, -0.1) is 0 Å². The molecule has 0 amide bonds. The molecule has 0 radical (unpaired) electrons. The molecule has 2 aromatic carbocycles. The van der Waals surface area contributed by atoms with Gasteiger partial charge < -0.3 is 4.90 Å². The average molecular weight is 485 g/mol. The number of likely N-dealkylation sites (N-methyl/N-ethyl adjacent to an activating group) is 1. The van der Waals surface area contributed by atoms with E-state index in [1.807, 2.05) is 6.07 Å². The van der Waals surface area contributed by atoms with Crippen LogP contribution in [0.15, 0.2) is 54.6 Å². The molecule has 5 heteroatoms. The topological polar surface area (TPSA) is 27.0 Å². The third-order valence-corrected chi connectivity index (χ3v) is 8.03. The van der Waals surface area contributed by atoms with E-state index in [1.54, 1.807) is 12.1 Å². The van der Waals surface area contributed by atoms with E-state index < -0.39 is 17.2 Å². The van der Waals surface area contributed by atoms with Crippen LogP contribution >= 0.6 is 0 Å². The lowest BCUT2D eigenvalue weighted by Crippen LogP contribution is -2.40. The molecule has 0 saturated heterocycles. The number of rotatable bonds is 11. The van der Waals surface area contributed by atoms with Gasteiger partial charge in [-0.1, -0.05) is 75.6 Å². The van der Waals surface area contributed by atoms with E-state index >= 15 is 0 Å². The SMILES string of the molecule is CCC(CCC(C#N)(c1ccc(C(F)(F)F)cc1)C1CCCCC1)N(CC)CCc1ccccc1. The van der Waals surface area contributed by atoms with Gasteiger partial charge in [0.1, 0.15) is 0 Å². The zero-order valence-electron chi connectivity index (χ0n) is 21.2. The summed E-state index contributed by atoms with van der Waals surface area (Å²) < 4.78 is 39.6. The van der Waals surface area contributed by atoms with E-state index in [2.05, 4.69) is 49.1 Å². The van der Waals surface area contributed by atoms with E-state index in [0.29, 0.717) is 12.5 Å². The molecule has 0 spiro atoms. The molecule has 1 saturated carbocycles. The summed E-state index contributed by atoms with van der Waals surface area (Å²) >= 11 is 0. The first kappa shape index (κ1) is 27.3. The van der Waals surface area contributed by atoms with Crippen LogP contribution in [0.2, 0.25) is 0 Å². The van der Waals surface area contributed by atoms with Crippen LogP contribution in [-0.2, 0) is 18.0 Å². The Labute approximate surface area is 209 Å². The van der Waals surface area contributed by atoms with Crippen LogP contribution in [0.4, 0.5) is 13.2 Å². The van der Waals surface area contributed by atoms with Crippen molar-refractivity contribution in [3.8, 4) is 6.07 Å². The molecule has 1 fully saturated rings. The minimum atomic E-state index is -4.37. The lowest BCUT2D eigenvalue weighted by Gasteiger charge is -2.40. The van der Waals surface area contributed by atoms with Gasteiger partial charge in [0.15, 0.2) is 0 Å². The quantitative estimate of drug-likeness (QED) is 0.322. The molecule has 2 unspecified atom stereocenters. The van der Waals surface area contributed by atoms with Crippen LogP contribution < -0.4 is 0 Å². The van der Waals surface area contributed by atoms with Crippen molar-refractivity contribution in [2.75, 3.05) is 13.1 Å². The van der Waals surface area contributed by atoms with Crippen LogP contribution in [0.5, 0.6) is 0 Å². The van der Waals surface area contributed by atoms with E-state index in [1.165, 1.54) is 12.0 Å². The van der Waals surface area contributed by atoms with Crippen LogP contribution in [0.3, 0.4) is 0 Å². The third kappa shape index (κ3) is 6.88. The minimum absolute atomic E-state index is 0.190. The first-order chi connectivity index (χ1) is 16.8. The Balaban J connectivity index is 1.81. The van der Waals surface area contributed by atoms with Crippen LogP contribution in [-0.4, -0.2) is 24.0 Å². The van der Waals surface area contributed by atoms with Gasteiger partial charge in [-0.2, -0.15) is 18.4 Å². The molecule has 190 valence electrons. The van der Waals surface area contributed by atoms with Crippen molar-refractivity contribution in [1.82, 2.24) is 4.90 Å². The number of nitriles is 1. The second kappa shape index (κ2) is 12.6. The summed E-state index contributed by atoms with van der Waals surface area (Å²) in [5, 5.41) is 10.6. The van der Waals surface area contributed by atoms with Gasteiger partial charge in [0, 0.05) is 12.6 Å². The molecule has 1 aliphatic rings. The molecule has 0 N–H and O–H groups in total. The zero-order valence-corrected chi connectivity index (χ0v) is 21.2. The molecular formula is C30H39F3N2. The maximum atomic E-state index is 13.2. The molecule has 2 aromatic rings. The summed E-state index contributed by atoms with van der Waals surface area (Å²) in [6.07, 6.45) is 4.43. The molecule has 0 bridgehead atoms. The standard InChI is InChI=1S/C30H39F3N2/c1-3-28(35(4-2)22-20-24-11-7-5-8-12-24)19-21-29(23-34,25-13-9-6-10-14-25)26-15-17-27(18-16-26)30(31,32)33/h5,7-8,11-12,15-18,25,28H,3-4,6,9-10,13-14,19-22H2,1-2H3. The highest BCUT2D eigenvalue weighted by Gasteiger charge is 2.42. The molecule has 0 aliphatic heterocycles. The maximum absolute atomic E-state index is 13.2. The molecule has 2 atom stereocenters. The summed E-state index contributed by atoms with van der Waals surface area (Å²) in [6.45, 7) is 6.28. The Kier molecular flexibility index (Phi) is 9.80. The van der Waals surface area contributed by atoms with E-state index in [-0.39, 0.29) is 5.92 Å². The Morgan fingerprint density at radius 3 is 2.11 bits per heavy atom. The smallest absolute Gasteiger partial charge is 0.300 e. The summed E-state index contributed by atoms with van der Waals surface area (Å²) in [6, 6.07) is 18.9. The molecule has 0 heterocycles. The Morgan fingerprint density at radius 1 is 0.943 bits per heavy atom. The first-order valence-corrected chi connectivity index (χ1v) is 13.2. The Bertz CT molecular complexity index is 927. The summed E-state index contributed by atoms with van der Waals surface area (Å²) in [5.74, 6) is 0.190. The fraction of sp³-hybridized carbons (Fsp3) is 0.567. The summed E-state index contributed by atoms with van der Waals surface area (Å²) in [5.41, 5.74) is 0.680. The highest BCUT2D eigenvalue weighted by atomic mass is 19.4. The van der Waals surface area contributed by atoms with Gasteiger partial charge >= 0.3 is 6.18 Å². The van der Waals surface area contributed by atoms with Crippen molar-refractivity contribution in [3.63, 3.8) is 0 Å². The highest BCUT2D eigenvalue weighted by molar-refractivity contribution is 5.37. The Morgan fingerprint density at radius 2 is 1.57 bits per heavy atom. The maximum Gasteiger partial charge on any atom is 0.416 e. The normalized spacial score (nSPS) is 17.6. The van der Waals surface area contributed by atoms with Crippen LogP contribution in [0, 0.1) is 17.2 Å². The third-order valence-electron chi connectivity index (χ3n) is 8.03. The fourth-order valence-electron chi connectivity index (χ4n) is 5.90. The Hall–Kier alpha value is -2.32. The fourth-order valence-corrected chi connectivity index (χ4v) is 5.90. The van der Waals surface area contributed by atoms with Crippen molar-refractivity contribution in [1.29, 1.82) is 5.26 Å². The largest absolute Gasteiger partial charge is 0.416 e. The van der Waals surface area contributed by atoms with Crippen molar-refractivity contribution in [3.05, 3.63) is 71.3 Å². The summed E-state index contributed by atoms with van der Waals surface area (Å²) in [7, 11) is 0. The highest BCUT2D eigenvalue weighted by Crippen LogP contribution is 2.45. The number of hydrogen-bond donors (Lipinski definition) is 0. The second-order valence-electron chi connectivity index (χ2n) is 9.96. The summed E-state index contributed by atoms with van der Waals surface area (Å²) in [4.78, 5) is 2.50. The second-order valence-corrected chi connectivity index (χ2v) is 9.96. The van der Waals surface area contributed by atoms with Gasteiger partial charge in [-0.25, -0.2) is 0 Å². The lowest BCUT2D eigenvalue weighted by molar-refractivity contribution is -0.137. The molecule has 3 rings (SSSR count). The predicted octanol–water partition coefficient (Wildman–Crippen LogP) is 8.17. The van der Waals surface area contributed by atoms with Crippen molar-refractivity contribution in [2.45, 2.75) is 89.3 Å². The number of halogens is 3. The lowest BCUT2D eigenvalue weighted by atomic mass is 9.63. The number of alkyl halides is 3. The van der Waals surface area contributed by atoms with Crippen LogP contribution in [0.25, 0.3) is 0 Å². The van der Waals surface area contributed by atoms with Crippen molar-refractivity contribution < 1.29 is 13.2 Å². The molecular weight excluding hydrogens is 445 g/mol. The van der Waals surface area contributed by atoms with Gasteiger partial charge in [0.05, 0.1) is 17.0 Å². The zero-order chi connectivity index (χ0) is 25.3. The molecule has 0 aromatic heterocycles. The van der Waals surface area contributed by atoms with Gasteiger partial charge in [0.25, 0.3) is 0 Å². The van der Waals surface area contributed by atoms with Crippen molar-refractivity contribution in [2.24, 2.45) is 5.92 Å². The molecule has 2 nitrogen and oxygen atoms in total. The first-order valence-electron chi connectivity index (χ1n) is 13.2. The van der Waals surface area contributed by atoms with E-state index in [0.717, 1.165) is 75.7 Å². The van der Waals surface area contributed by atoms with E-state index in [9.17, 15) is 18.4 Å². The number of nitrogens with zero attached hydrogens (tertiary/aromatic N) is 2. The predicted molar refractivity (Wildman–Crippen MR) is 136 cm³/mol. The monoisotopic (exact) mass is 484 g/mol. The van der Waals surface area contributed by atoms with E-state index in [4.69, 9.17) is 0 Å². The molecule has 1 aliphatic carbocycles. The van der Waals surface area contributed by atoms with Crippen LogP contribution in [0.1, 0.15) is 81.9 Å². The minimum Gasteiger partial charge on any atom is -0.300 e.